The average Bonchev–Trinajstić information content (AvgIpc) is 3.13. The molecular formula is C20H33N3O3. The molecule has 146 valence electrons. The maximum atomic E-state index is 5.38. The Labute approximate surface area is 157 Å². The highest BCUT2D eigenvalue weighted by molar-refractivity contribution is 5.93. The minimum Gasteiger partial charge on any atom is -0.493 e. The summed E-state index contributed by atoms with van der Waals surface area (Å²) in [6.07, 6.45) is 6.12. The van der Waals surface area contributed by atoms with Crippen LogP contribution in [0.1, 0.15) is 39.0 Å². The Kier molecular flexibility index (Phi) is 8.04. The standard InChI is InChI=1S/C20H33N3O3/c1-5-21-19(22-15-20(12-13-24-2)10-6-7-11-20)23-16-8-9-17(25-3)18(14-16)26-4/h8-9,14H,5-7,10-13,15H2,1-4H3,(H2,21,22,23). The van der Waals surface area contributed by atoms with Crippen LogP contribution in [-0.4, -0.2) is 47.0 Å². The molecule has 1 aromatic carbocycles. The molecule has 1 fully saturated rings. The van der Waals surface area contributed by atoms with Gasteiger partial charge >= 0.3 is 0 Å². The molecule has 2 N–H and O–H groups in total. The molecule has 0 aliphatic heterocycles. The molecule has 1 aromatic rings. The third-order valence-electron chi connectivity index (χ3n) is 5.06. The summed E-state index contributed by atoms with van der Waals surface area (Å²) in [4.78, 5) is 4.88. The molecular weight excluding hydrogens is 330 g/mol. The molecule has 0 aromatic heterocycles. The van der Waals surface area contributed by atoms with E-state index < -0.39 is 0 Å². The van der Waals surface area contributed by atoms with Crippen molar-refractivity contribution < 1.29 is 14.2 Å². The lowest BCUT2D eigenvalue weighted by Gasteiger charge is -2.27. The molecule has 0 saturated heterocycles. The first kappa shape index (κ1) is 20.4. The van der Waals surface area contributed by atoms with Gasteiger partial charge in [-0.05, 0) is 43.7 Å². The molecule has 2 rings (SSSR count). The van der Waals surface area contributed by atoms with E-state index in [1.165, 1.54) is 25.7 Å². The van der Waals surface area contributed by atoms with Crippen LogP contribution in [0.25, 0.3) is 0 Å². The quantitative estimate of drug-likeness (QED) is 0.518. The summed E-state index contributed by atoms with van der Waals surface area (Å²) in [5.41, 5.74) is 1.19. The van der Waals surface area contributed by atoms with Crippen molar-refractivity contribution in [1.29, 1.82) is 0 Å². The van der Waals surface area contributed by atoms with E-state index >= 15 is 0 Å². The second kappa shape index (κ2) is 10.3. The van der Waals surface area contributed by atoms with Gasteiger partial charge in [0.05, 0.1) is 14.2 Å². The highest BCUT2D eigenvalue weighted by Gasteiger charge is 2.33. The maximum Gasteiger partial charge on any atom is 0.195 e. The van der Waals surface area contributed by atoms with Gasteiger partial charge in [0.15, 0.2) is 17.5 Å². The van der Waals surface area contributed by atoms with Gasteiger partial charge < -0.3 is 24.8 Å². The van der Waals surface area contributed by atoms with Crippen LogP contribution in [0.2, 0.25) is 0 Å². The third-order valence-corrected chi connectivity index (χ3v) is 5.06. The number of aliphatic imine (C=N–C) groups is 1. The van der Waals surface area contributed by atoms with Crippen LogP contribution in [0, 0.1) is 5.41 Å². The van der Waals surface area contributed by atoms with Crippen LogP contribution in [0.15, 0.2) is 23.2 Å². The fourth-order valence-corrected chi connectivity index (χ4v) is 3.54. The number of hydrogen-bond acceptors (Lipinski definition) is 4. The number of nitrogens with zero attached hydrogens (tertiary/aromatic N) is 1. The molecule has 0 atom stereocenters. The number of methoxy groups -OCH3 is 3. The lowest BCUT2D eigenvalue weighted by molar-refractivity contribution is 0.141. The van der Waals surface area contributed by atoms with E-state index in [0.717, 1.165) is 37.8 Å². The van der Waals surface area contributed by atoms with E-state index in [2.05, 4.69) is 17.6 Å². The van der Waals surface area contributed by atoms with Crippen molar-refractivity contribution in [3.05, 3.63) is 18.2 Å². The van der Waals surface area contributed by atoms with Crippen molar-refractivity contribution in [1.82, 2.24) is 5.32 Å². The molecule has 1 saturated carbocycles. The van der Waals surface area contributed by atoms with Crippen molar-refractivity contribution in [3.8, 4) is 11.5 Å². The highest BCUT2D eigenvalue weighted by Crippen LogP contribution is 2.41. The predicted octanol–water partition coefficient (Wildman–Crippen LogP) is 3.68. The molecule has 0 unspecified atom stereocenters. The monoisotopic (exact) mass is 363 g/mol. The molecule has 6 heteroatoms. The Morgan fingerprint density at radius 3 is 2.46 bits per heavy atom. The second-order valence-corrected chi connectivity index (χ2v) is 6.84. The number of nitrogens with one attached hydrogen (secondary N) is 2. The van der Waals surface area contributed by atoms with Crippen LogP contribution in [-0.2, 0) is 4.74 Å². The zero-order valence-corrected chi connectivity index (χ0v) is 16.6. The number of ether oxygens (including phenoxy) is 3. The lowest BCUT2D eigenvalue weighted by Crippen LogP contribution is -2.33. The minimum atomic E-state index is 0.274. The van der Waals surface area contributed by atoms with E-state index in [9.17, 15) is 0 Å². The summed E-state index contributed by atoms with van der Waals surface area (Å²) in [5.74, 6) is 2.20. The number of hydrogen-bond donors (Lipinski definition) is 2. The molecule has 0 spiro atoms. The molecule has 0 amide bonds. The molecule has 6 nitrogen and oxygen atoms in total. The maximum absolute atomic E-state index is 5.38. The Hall–Kier alpha value is -1.95. The summed E-state index contributed by atoms with van der Waals surface area (Å²) in [7, 11) is 5.05. The zero-order valence-electron chi connectivity index (χ0n) is 16.6. The van der Waals surface area contributed by atoms with Crippen LogP contribution in [0.5, 0.6) is 11.5 Å². The predicted molar refractivity (Wildman–Crippen MR) is 107 cm³/mol. The van der Waals surface area contributed by atoms with Crippen molar-refractivity contribution in [3.63, 3.8) is 0 Å². The van der Waals surface area contributed by atoms with E-state index in [0.29, 0.717) is 11.5 Å². The number of guanidine groups is 1. The molecule has 0 radical (unpaired) electrons. The smallest absolute Gasteiger partial charge is 0.195 e. The van der Waals surface area contributed by atoms with Crippen LogP contribution in [0.3, 0.4) is 0 Å². The average molecular weight is 364 g/mol. The van der Waals surface area contributed by atoms with Gasteiger partial charge in [0.2, 0.25) is 0 Å². The fourth-order valence-electron chi connectivity index (χ4n) is 3.54. The van der Waals surface area contributed by atoms with E-state index in [1.807, 2.05) is 18.2 Å². The van der Waals surface area contributed by atoms with Gasteiger partial charge in [0.1, 0.15) is 0 Å². The summed E-state index contributed by atoms with van der Waals surface area (Å²) < 4.78 is 16.0. The van der Waals surface area contributed by atoms with Gasteiger partial charge in [0, 0.05) is 38.6 Å². The van der Waals surface area contributed by atoms with Crippen LogP contribution < -0.4 is 20.1 Å². The SMILES string of the molecule is CCNC(=NCC1(CCOC)CCCC1)Nc1ccc(OC)c(OC)c1. The Morgan fingerprint density at radius 1 is 1.12 bits per heavy atom. The van der Waals surface area contributed by atoms with E-state index in [4.69, 9.17) is 19.2 Å². The molecule has 0 heterocycles. The summed E-state index contributed by atoms with van der Waals surface area (Å²) in [5, 5.41) is 6.71. The van der Waals surface area contributed by atoms with Crippen LogP contribution >= 0.6 is 0 Å². The first-order chi connectivity index (χ1) is 12.7. The van der Waals surface area contributed by atoms with Crippen molar-refractivity contribution >= 4 is 11.6 Å². The number of rotatable bonds is 9. The molecule has 0 bridgehead atoms. The lowest BCUT2D eigenvalue weighted by atomic mass is 9.83. The third kappa shape index (κ3) is 5.53. The van der Waals surface area contributed by atoms with Gasteiger partial charge in [-0.25, -0.2) is 0 Å². The largest absolute Gasteiger partial charge is 0.493 e. The second-order valence-electron chi connectivity index (χ2n) is 6.84. The normalized spacial score (nSPS) is 16.4. The van der Waals surface area contributed by atoms with E-state index in [1.54, 1.807) is 21.3 Å². The summed E-state index contributed by atoms with van der Waals surface area (Å²) in [6, 6.07) is 5.77. The molecule has 1 aliphatic rings. The van der Waals surface area contributed by atoms with Gasteiger partial charge in [0.25, 0.3) is 0 Å². The van der Waals surface area contributed by atoms with Crippen molar-refractivity contribution in [2.24, 2.45) is 10.4 Å². The molecule has 1 aliphatic carbocycles. The Morgan fingerprint density at radius 2 is 1.85 bits per heavy atom. The van der Waals surface area contributed by atoms with Gasteiger partial charge in [-0.3, -0.25) is 4.99 Å². The van der Waals surface area contributed by atoms with Gasteiger partial charge in [-0.2, -0.15) is 0 Å². The highest BCUT2D eigenvalue weighted by atomic mass is 16.5. The van der Waals surface area contributed by atoms with Gasteiger partial charge in [-0.1, -0.05) is 12.8 Å². The number of anilines is 1. The Bertz CT molecular complexity index is 584. The summed E-state index contributed by atoms with van der Waals surface area (Å²) in [6.45, 7) is 4.50. The molecule has 26 heavy (non-hydrogen) atoms. The number of benzene rings is 1. The Balaban J connectivity index is 2.10. The van der Waals surface area contributed by atoms with Crippen LogP contribution in [0.4, 0.5) is 5.69 Å². The first-order valence-corrected chi connectivity index (χ1v) is 9.42. The zero-order chi connectivity index (χ0) is 18.8. The summed E-state index contributed by atoms with van der Waals surface area (Å²) >= 11 is 0. The van der Waals surface area contributed by atoms with E-state index in [-0.39, 0.29) is 5.41 Å². The minimum absolute atomic E-state index is 0.274. The van der Waals surface area contributed by atoms with Crippen molar-refractivity contribution in [2.75, 3.05) is 46.3 Å². The fraction of sp³-hybridized carbons (Fsp3) is 0.650. The van der Waals surface area contributed by atoms with Gasteiger partial charge in [-0.15, -0.1) is 0 Å². The first-order valence-electron chi connectivity index (χ1n) is 9.42. The topological polar surface area (TPSA) is 64.1 Å². The van der Waals surface area contributed by atoms with Crippen molar-refractivity contribution in [2.45, 2.75) is 39.0 Å².